The summed E-state index contributed by atoms with van der Waals surface area (Å²) >= 11 is 6.36. The minimum absolute atomic E-state index is 0.190. The lowest BCUT2D eigenvalue weighted by molar-refractivity contribution is 0.376. The summed E-state index contributed by atoms with van der Waals surface area (Å²) in [4.78, 5) is 2.51. The minimum atomic E-state index is 0.190. The van der Waals surface area contributed by atoms with E-state index in [1.807, 2.05) is 0 Å². The second-order valence-electron chi connectivity index (χ2n) is 6.28. The molecule has 0 fully saturated rings. The number of hydrogen-bond acceptors (Lipinski definition) is 2. The van der Waals surface area contributed by atoms with Crippen LogP contribution in [0.3, 0.4) is 0 Å². The molecule has 0 amide bonds. The number of fused-ring (bicyclic) bond motifs is 1. The maximum Gasteiger partial charge on any atom is 0.0471 e. The number of halogens is 1. The molecule has 2 rings (SSSR count). The molecule has 0 radical (unpaired) electrons. The van der Waals surface area contributed by atoms with Crippen molar-refractivity contribution in [3.8, 4) is 0 Å². The number of hydrogen-bond donors (Lipinski definition) is 1. The van der Waals surface area contributed by atoms with Crippen molar-refractivity contribution in [2.45, 2.75) is 58.5 Å². The summed E-state index contributed by atoms with van der Waals surface area (Å²) in [5, 5.41) is 0.798. The van der Waals surface area contributed by atoms with E-state index in [-0.39, 0.29) is 5.54 Å². The van der Waals surface area contributed by atoms with Gasteiger partial charge in [0, 0.05) is 29.3 Å². The third-order valence-corrected chi connectivity index (χ3v) is 4.57. The molecule has 19 heavy (non-hydrogen) atoms. The second kappa shape index (κ2) is 5.34. The van der Waals surface area contributed by atoms with Crippen LogP contribution in [0.1, 0.15) is 57.6 Å². The summed E-state index contributed by atoms with van der Waals surface area (Å²) in [6, 6.07) is 4.33. The Morgan fingerprint density at radius 1 is 1.42 bits per heavy atom. The predicted octanol–water partition coefficient (Wildman–Crippen LogP) is 4.30. The second-order valence-corrected chi connectivity index (χ2v) is 6.68. The van der Waals surface area contributed by atoms with Crippen LogP contribution in [0.4, 0.5) is 5.69 Å². The van der Waals surface area contributed by atoms with Crippen molar-refractivity contribution in [1.82, 2.24) is 0 Å². The van der Waals surface area contributed by atoms with Crippen LogP contribution in [0.5, 0.6) is 0 Å². The summed E-state index contributed by atoms with van der Waals surface area (Å²) in [5.41, 5.74) is 9.73. The molecule has 0 aliphatic carbocycles. The SMILES string of the molecule is CCCN1c2cc(Cl)c(CN)cc2[C@H](C)CC1(C)C. The van der Waals surface area contributed by atoms with Gasteiger partial charge in [-0.05, 0) is 49.8 Å². The first-order valence-corrected chi connectivity index (χ1v) is 7.58. The number of rotatable bonds is 3. The summed E-state index contributed by atoms with van der Waals surface area (Å²) in [5.74, 6) is 0.556. The third-order valence-electron chi connectivity index (χ3n) is 4.22. The molecule has 1 atom stereocenters. The molecule has 0 saturated heterocycles. The Morgan fingerprint density at radius 3 is 2.68 bits per heavy atom. The Hall–Kier alpha value is -0.730. The highest BCUT2D eigenvalue weighted by atomic mass is 35.5. The molecule has 0 spiro atoms. The minimum Gasteiger partial charge on any atom is -0.366 e. The summed E-state index contributed by atoms with van der Waals surface area (Å²) < 4.78 is 0. The average molecular weight is 281 g/mol. The lowest BCUT2D eigenvalue weighted by atomic mass is 9.79. The Morgan fingerprint density at radius 2 is 2.11 bits per heavy atom. The smallest absolute Gasteiger partial charge is 0.0471 e. The van der Waals surface area contributed by atoms with Gasteiger partial charge in [0.2, 0.25) is 0 Å². The maximum atomic E-state index is 6.36. The fourth-order valence-electron chi connectivity index (χ4n) is 3.35. The highest BCUT2D eigenvalue weighted by Crippen LogP contribution is 2.45. The molecule has 1 aromatic carbocycles. The van der Waals surface area contributed by atoms with Gasteiger partial charge < -0.3 is 10.6 Å². The maximum absolute atomic E-state index is 6.36. The van der Waals surface area contributed by atoms with Crippen molar-refractivity contribution in [3.05, 3.63) is 28.3 Å². The van der Waals surface area contributed by atoms with Crippen molar-refractivity contribution in [1.29, 1.82) is 0 Å². The molecule has 106 valence electrons. The molecule has 0 unspecified atom stereocenters. The van der Waals surface area contributed by atoms with Crippen LogP contribution in [-0.2, 0) is 6.54 Å². The van der Waals surface area contributed by atoms with Crippen molar-refractivity contribution in [2.24, 2.45) is 5.73 Å². The van der Waals surface area contributed by atoms with E-state index in [9.17, 15) is 0 Å². The average Bonchev–Trinajstić information content (AvgIpc) is 2.33. The number of anilines is 1. The molecule has 1 aliphatic heterocycles. The molecule has 0 aromatic heterocycles. The van der Waals surface area contributed by atoms with Crippen molar-refractivity contribution < 1.29 is 0 Å². The molecule has 3 heteroatoms. The van der Waals surface area contributed by atoms with Crippen LogP contribution in [0, 0.1) is 0 Å². The normalized spacial score (nSPS) is 21.4. The largest absolute Gasteiger partial charge is 0.366 e. The van der Waals surface area contributed by atoms with Gasteiger partial charge in [0.25, 0.3) is 0 Å². The highest BCUT2D eigenvalue weighted by molar-refractivity contribution is 6.31. The fourth-order valence-corrected chi connectivity index (χ4v) is 3.59. The number of benzene rings is 1. The molecular formula is C16H25ClN2. The fraction of sp³-hybridized carbons (Fsp3) is 0.625. The zero-order chi connectivity index (χ0) is 14.2. The molecule has 2 N–H and O–H groups in total. The third kappa shape index (κ3) is 2.61. The van der Waals surface area contributed by atoms with Crippen LogP contribution in [-0.4, -0.2) is 12.1 Å². The first-order chi connectivity index (χ1) is 8.90. The van der Waals surface area contributed by atoms with Gasteiger partial charge in [-0.1, -0.05) is 31.5 Å². The van der Waals surface area contributed by atoms with Crippen LogP contribution in [0.2, 0.25) is 5.02 Å². The van der Waals surface area contributed by atoms with Gasteiger partial charge >= 0.3 is 0 Å². The zero-order valence-corrected chi connectivity index (χ0v) is 13.2. The first-order valence-electron chi connectivity index (χ1n) is 7.20. The molecule has 2 nitrogen and oxygen atoms in total. The van der Waals surface area contributed by atoms with Gasteiger partial charge in [0.05, 0.1) is 0 Å². The Kier molecular flexibility index (Phi) is 4.12. The van der Waals surface area contributed by atoms with Crippen LogP contribution in [0.15, 0.2) is 12.1 Å². The van der Waals surface area contributed by atoms with E-state index in [1.165, 1.54) is 17.7 Å². The van der Waals surface area contributed by atoms with E-state index in [0.717, 1.165) is 23.6 Å². The van der Waals surface area contributed by atoms with E-state index >= 15 is 0 Å². The zero-order valence-electron chi connectivity index (χ0n) is 12.5. The summed E-state index contributed by atoms with van der Waals surface area (Å²) in [6.45, 7) is 10.8. The Balaban J connectivity index is 2.55. The van der Waals surface area contributed by atoms with Gasteiger partial charge in [-0.25, -0.2) is 0 Å². The lowest BCUT2D eigenvalue weighted by Crippen LogP contribution is -2.48. The van der Waals surface area contributed by atoms with E-state index in [4.69, 9.17) is 17.3 Å². The van der Waals surface area contributed by atoms with Gasteiger partial charge in [-0.15, -0.1) is 0 Å². The van der Waals surface area contributed by atoms with E-state index in [2.05, 4.69) is 44.7 Å². The van der Waals surface area contributed by atoms with E-state index < -0.39 is 0 Å². The quantitative estimate of drug-likeness (QED) is 0.894. The van der Waals surface area contributed by atoms with Crippen LogP contribution < -0.4 is 10.6 Å². The number of nitrogens with two attached hydrogens (primary N) is 1. The Bertz CT molecular complexity index is 468. The molecule has 0 bridgehead atoms. The van der Waals surface area contributed by atoms with Crippen molar-refractivity contribution >= 4 is 17.3 Å². The van der Waals surface area contributed by atoms with Crippen LogP contribution >= 0.6 is 11.6 Å². The first kappa shape index (κ1) is 14.7. The van der Waals surface area contributed by atoms with E-state index in [0.29, 0.717) is 12.5 Å². The summed E-state index contributed by atoms with van der Waals surface area (Å²) in [7, 11) is 0. The van der Waals surface area contributed by atoms with Gasteiger partial charge in [0.1, 0.15) is 0 Å². The molecule has 1 heterocycles. The molecule has 1 aliphatic rings. The van der Waals surface area contributed by atoms with Gasteiger partial charge in [-0.2, -0.15) is 0 Å². The van der Waals surface area contributed by atoms with Gasteiger partial charge in [0.15, 0.2) is 0 Å². The van der Waals surface area contributed by atoms with E-state index in [1.54, 1.807) is 0 Å². The topological polar surface area (TPSA) is 29.3 Å². The van der Waals surface area contributed by atoms with Crippen molar-refractivity contribution in [3.63, 3.8) is 0 Å². The predicted molar refractivity (Wildman–Crippen MR) is 84.1 cm³/mol. The van der Waals surface area contributed by atoms with Crippen LogP contribution in [0.25, 0.3) is 0 Å². The summed E-state index contributed by atoms with van der Waals surface area (Å²) in [6.07, 6.45) is 2.32. The number of nitrogens with zero attached hydrogens (tertiary/aromatic N) is 1. The highest BCUT2D eigenvalue weighted by Gasteiger charge is 2.36. The van der Waals surface area contributed by atoms with Gasteiger partial charge in [-0.3, -0.25) is 0 Å². The molecular weight excluding hydrogens is 256 g/mol. The molecule has 1 aromatic rings. The lowest BCUT2D eigenvalue weighted by Gasteiger charge is -2.48. The standard InChI is InChI=1S/C16H25ClN2/c1-5-6-19-15-8-14(17)12(10-18)7-13(15)11(2)9-16(19,3)4/h7-8,11H,5-6,9-10,18H2,1-4H3/t11-/m1/s1. The monoisotopic (exact) mass is 280 g/mol. The molecule has 0 saturated carbocycles. The Labute approximate surface area is 121 Å². The van der Waals surface area contributed by atoms with Crippen molar-refractivity contribution in [2.75, 3.05) is 11.4 Å².